The molecule has 0 saturated carbocycles. The molecule has 17 heavy (non-hydrogen) atoms. The number of nitrogens with one attached hydrogen (secondary N) is 1. The monoisotopic (exact) mass is 270 g/mol. The third-order valence-electron chi connectivity index (χ3n) is 2.45. The number of anilines is 1. The van der Waals surface area contributed by atoms with E-state index in [-0.39, 0.29) is 23.6 Å². The van der Waals surface area contributed by atoms with Gasteiger partial charge in [0.2, 0.25) is 5.91 Å². The number of hydrogen-bond donors (Lipinski definition) is 1. The van der Waals surface area contributed by atoms with Crippen molar-refractivity contribution >= 4 is 40.2 Å². The number of carbonyl (C=O) groups excluding carboxylic acids is 2. The normalized spacial score (nSPS) is 15.5. The number of nitrogens with zero attached hydrogens (tertiary/aromatic N) is 1. The van der Waals surface area contributed by atoms with Crippen LogP contribution in [0.1, 0.15) is 5.56 Å². The summed E-state index contributed by atoms with van der Waals surface area (Å²) in [6.45, 7) is 2.10. The third-order valence-corrected chi connectivity index (χ3v) is 3.72. The van der Waals surface area contributed by atoms with Crippen LogP contribution in [0.2, 0.25) is 5.02 Å². The zero-order valence-corrected chi connectivity index (χ0v) is 10.8. The minimum atomic E-state index is -0.208. The molecular weight excluding hydrogens is 260 g/mol. The van der Waals surface area contributed by atoms with Crippen LogP contribution in [0.25, 0.3) is 0 Å². The molecule has 2 amide bonds. The number of amides is 2. The van der Waals surface area contributed by atoms with Gasteiger partial charge in [0.1, 0.15) is 0 Å². The highest BCUT2D eigenvalue weighted by Crippen LogP contribution is 2.21. The molecule has 90 valence electrons. The molecule has 1 N–H and O–H groups in total. The van der Waals surface area contributed by atoms with Crippen molar-refractivity contribution in [3.05, 3.63) is 28.8 Å². The van der Waals surface area contributed by atoms with E-state index < -0.39 is 0 Å². The topological polar surface area (TPSA) is 49.4 Å². The van der Waals surface area contributed by atoms with Gasteiger partial charge in [-0.15, -0.1) is 0 Å². The van der Waals surface area contributed by atoms with E-state index in [9.17, 15) is 9.59 Å². The molecule has 2 rings (SSSR count). The van der Waals surface area contributed by atoms with Crippen LogP contribution in [-0.4, -0.2) is 28.5 Å². The fourth-order valence-corrected chi connectivity index (χ4v) is 2.31. The lowest BCUT2D eigenvalue weighted by Crippen LogP contribution is -2.33. The van der Waals surface area contributed by atoms with E-state index in [0.717, 1.165) is 23.0 Å². The Balaban J connectivity index is 2.00. The van der Waals surface area contributed by atoms with Gasteiger partial charge in [0.15, 0.2) is 0 Å². The summed E-state index contributed by atoms with van der Waals surface area (Å²) in [6, 6.07) is 5.52. The van der Waals surface area contributed by atoms with Crippen molar-refractivity contribution in [2.24, 2.45) is 0 Å². The summed E-state index contributed by atoms with van der Waals surface area (Å²) >= 11 is 7.00. The van der Waals surface area contributed by atoms with Crippen molar-refractivity contribution in [3.8, 4) is 0 Å². The number of thioether (sulfide) groups is 1. The van der Waals surface area contributed by atoms with Crippen LogP contribution >= 0.6 is 23.4 Å². The fraction of sp³-hybridized carbons (Fsp3) is 0.273. The Labute approximate surface area is 108 Å². The Morgan fingerprint density at radius 3 is 2.82 bits per heavy atom. The zero-order chi connectivity index (χ0) is 12.4. The van der Waals surface area contributed by atoms with Gasteiger partial charge in [-0.1, -0.05) is 29.4 Å². The van der Waals surface area contributed by atoms with E-state index in [4.69, 9.17) is 11.6 Å². The van der Waals surface area contributed by atoms with Gasteiger partial charge >= 0.3 is 0 Å². The molecule has 0 unspecified atom stereocenters. The number of imide groups is 1. The lowest BCUT2D eigenvalue weighted by molar-refractivity contribution is -0.124. The van der Waals surface area contributed by atoms with Gasteiger partial charge in [-0.05, 0) is 24.6 Å². The summed E-state index contributed by atoms with van der Waals surface area (Å²) in [5, 5.41) is 3.45. The molecule has 0 bridgehead atoms. The predicted molar refractivity (Wildman–Crippen MR) is 69.4 cm³/mol. The largest absolute Gasteiger partial charge is 0.367 e. The van der Waals surface area contributed by atoms with Crippen LogP contribution in [0.5, 0.6) is 0 Å². The van der Waals surface area contributed by atoms with Crippen LogP contribution in [-0.2, 0) is 4.79 Å². The first-order valence-corrected chi connectivity index (χ1v) is 6.41. The van der Waals surface area contributed by atoms with Crippen molar-refractivity contribution < 1.29 is 9.59 Å². The highest BCUT2D eigenvalue weighted by Gasteiger charge is 2.29. The van der Waals surface area contributed by atoms with Crippen molar-refractivity contribution in [2.75, 3.05) is 17.7 Å². The van der Waals surface area contributed by atoms with Crippen molar-refractivity contribution in [1.29, 1.82) is 0 Å². The average molecular weight is 271 g/mol. The molecule has 1 saturated heterocycles. The van der Waals surface area contributed by atoms with Crippen LogP contribution in [0.3, 0.4) is 0 Å². The number of benzene rings is 1. The molecule has 1 aliphatic rings. The molecule has 0 spiro atoms. The lowest BCUT2D eigenvalue weighted by Gasteiger charge is -2.15. The van der Waals surface area contributed by atoms with E-state index in [2.05, 4.69) is 5.32 Å². The maximum absolute atomic E-state index is 11.3. The van der Waals surface area contributed by atoms with E-state index in [1.165, 1.54) is 4.90 Å². The second kappa shape index (κ2) is 4.98. The lowest BCUT2D eigenvalue weighted by atomic mass is 10.2. The summed E-state index contributed by atoms with van der Waals surface area (Å²) in [6.07, 6.45) is 0. The number of carbonyl (C=O) groups is 2. The Bertz CT molecular complexity index is 463. The highest BCUT2D eigenvalue weighted by atomic mass is 35.5. The molecule has 0 aliphatic carbocycles. The second-order valence-corrected chi connectivity index (χ2v) is 5.01. The van der Waals surface area contributed by atoms with Gasteiger partial charge in [-0.3, -0.25) is 14.5 Å². The molecule has 1 heterocycles. The first-order chi connectivity index (χ1) is 8.08. The van der Waals surface area contributed by atoms with Gasteiger partial charge < -0.3 is 5.32 Å². The minimum Gasteiger partial charge on any atom is -0.367 e. The molecule has 0 atom stereocenters. The molecule has 4 nitrogen and oxygen atoms in total. The van der Waals surface area contributed by atoms with Crippen LogP contribution < -0.4 is 5.32 Å². The van der Waals surface area contributed by atoms with Crippen molar-refractivity contribution in [3.63, 3.8) is 0 Å². The SMILES string of the molecule is Cc1ccc(NCN2C(=O)CSC2=O)cc1Cl. The fourth-order valence-electron chi connectivity index (χ4n) is 1.41. The van der Waals surface area contributed by atoms with Crippen LogP contribution in [0.4, 0.5) is 10.5 Å². The van der Waals surface area contributed by atoms with E-state index in [1.807, 2.05) is 19.1 Å². The molecule has 1 aromatic rings. The van der Waals surface area contributed by atoms with Crippen LogP contribution in [0.15, 0.2) is 18.2 Å². The smallest absolute Gasteiger partial charge is 0.290 e. The zero-order valence-electron chi connectivity index (χ0n) is 9.20. The molecule has 0 aromatic heterocycles. The Hall–Kier alpha value is -1.20. The molecule has 6 heteroatoms. The predicted octanol–water partition coefficient (Wildman–Crippen LogP) is 2.71. The van der Waals surface area contributed by atoms with Gasteiger partial charge in [0.05, 0.1) is 12.4 Å². The van der Waals surface area contributed by atoms with E-state index in [0.29, 0.717) is 5.02 Å². The number of rotatable bonds is 3. The third kappa shape index (κ3) is 2.73. The Morgan fingerprint density at radius 2 is 2.24 bits per heavy atom. The van der Waals surface area contributed by atoms with Gasteiger partial charge in [-0.2, -0.15) is 0 Å². The maximum Gasteiger partial charge on any atom is 0.290 e. The van der Waals surface area contributed by atoms with Crippen molar-refractivity contribution in [2.45, 2.75) is 6.92 Å². The van der Waals surface area contributed by atoms with E-state index >= 15 is 0 Å². The van der Waals surface area contributed by atoms with E-state index in [1.54, 1.807) is 6.07 Å². The van der Waals surface area contributed by atoms with Gasteiger partial charge in [-0.25, -0.2) is 0 Å². The maximum atomic E-state index is 11.3. The standard InChI is InChI=1S/C11H11ClN2O2S/c1-7-2-3-8(4-9(7)12)13-6-14-10(15)5-17-11(14)16/h2-4,13H,5-6H2,1H3. The average Bonchev–Trinajstić information content (AvgIpc) is 2.61. The quantitative estimate of drug-likeness (QED) is 0.917. The summed E-state index contributed by atoms with van der Waals surface area (Å²) in [4.78, 5) is 23.9. The Morgan fingerprint density at radius 1 is 1.47 bits per heavy atom. The van der Waals surface area contributed by atoms with Crippen molar-refractivity contribution in [1.82, 2.24) is 4.90 Å². The Kier molecular flexibility index (Phi) is 3.59. The number of aryl methyl sites for hydroxylation is 1. The molecule has 1 aromatic carbocycles. The molecule has 1 aliphatic heterocycles. The molecule has 0 radical (unpaired) electrons. The minimum absolute atomic E-state index is 0.161. The summed E-state index contributed by atoms with van der Waals surface area (Å²) in [5.41, 5.74) is 1.78. The first kappa shape index (κ1) is 12.3. The summed E-state index contributed by atoms with van der Waals surface area (Å²) in [7, 11) is 0. The first-order valence-electron chi connectivity index (χ1n) is 5.05. The summed E-state index contributed by atoms with van der Waals surface area (Å²) < 4.78 is 0. The number of halogens is 1. The highest BCUT2D eigenvalue weighted by molar-refractivity contribution is 8.14. The molecule has 1 fully saturated rings. The molecular formula is C11H11ClN2O2S. The van der Waals surface area contributed by atoms with Gasteiger partial charge in [0, 0.05) is 10.7 Å². The summed E-state index contributed by atoms with van der Waals surface area (Å²) in [5.74, 6) is 0.0699. The van der Waals surface area contributed by atoms with Crippen LogP contribution in [0, 0.1) is 6.92 Å². The second-order valence-electron chi connectivity index (χ2n) is 3.68. The van der Waals surface area contributed by atoms with Gasteiger partial charge in [0.25, 0.3) is 5.24 Å². The number of hydrogen-bond acceptors (Lipinski definition) is 4.